The van der Waals surface area contributed by atoms with Crippen molar-refractivity contribution in [2.75, 3.05) is 20.0 Å². The van der Waals surface area contributed by atoms with Gasteiger partial charge in [0.2, 0.25) is 6.79 Å². The van der Waals surface area contributed by atoms with Gasteiger partial charge in [0.15, 0.2) is 11.5 Å². The molecule has 1 aromatic carbocycles. The van der Waals surface area contributed by atoms with Gasteiger partial charge in [-0.3, -0.25) is 13.9 Å². The van der Waals surface area contributed by atoms with Crippen LogP contribution in [0.2, 0.25) is 0 Å². The third-order valence-corrected chi connectivity index (χ3v) is 6.18. The van der Waals surface area contributed by atoms with Gasteiger partial charge in [-0.25, -0.2) is 9.59 Å². The highest BCUT2D eigenvalue weighted by molar-refractivity contribution is 7.20. The Balaban J connectivity index is 1.97. The van der Waals surface area contributed by atoms with E-state index in [1.807, 2.05) is 0 Å². The molecule has 10 heteroatoms. The molecule has 3 aromatic rings. The molecule has 1 aliphatic rings. The standard InChI is InChI=1S/C20H20N2O7S/c1-3-27-19(25)16-11(2)14-17(24)21(7-8-23)20(26)22(18(14)30-16)9-12-5-4-6-13-15(12)29-10-28-13/h4-6,23H,3,7-10H2,1-2H3. The van der Waals surface area contributed by atoms with Gasteiger partial charge in [0.05, 0.1) is 31.7 Å². The summed E-state index contributed by atoms with van der Waals surface area (Å²) in [5, 5.41) is 9.63. The first kappa shape index (κ1) is 20.2. The summed E-state index contributed by atoms with van der Waals surface area (Å²) in [4.78, 5) is 39.2. The lowest BCUT2D eigenvalue weighted by atomic mass is 10.1. The van der Waals surface area contributed by atoms with E-state index >= 15 is 0 Å². The van der Waals surface area contributed by atoms with E-state index in [0.717, 1.165) is 15.9 Å². The lowest BCUT2D eigenvalue weighted by molar-refractivity contribution is 0.0531. The molecule has 158 valence electrons. The molecule has 0 aliphatic carbocycles. The minimum absolute atomic E-state index is 0.0891. The Bertz CT molecular complexity index is 1250. The molecular formula is C20H20N2O7S. The van der Waals surface area contributed by atoms with Gasteiger partial charge in [-0.1, -0.05) is 12.1 Å². The second-order valence-corrected chi connectivity index (χ2v) is 7.66. The predicted molar refractivity (Wildman–Crippen MR) is 110 cm³/mol. The number of ether oxygens (including phenoxy) is 3. The highest BCUT2D eigenvalue weighted by Crippen LogP contribution is 2.36. The van der Waals surface area contributed by atoms with Crippen LogP contribution in [0.25, 0.3) is 10.2 Å². The summed E-state index contributed by atoms with van der Waals surface area (Å²) in [5.41, 5.74) is 0.0419. The number of rotatable bonds is 6. The number of para-hydroxylation sites is 1. The molecule has 4 rings (SSSR count). The molecule has 30 heavy (non-hydrogen) atoms. The van der Waals surface area contributed by atoms with Crippen molar-refractivity contribution in [3.8, 4) is 11.5 Å². The molecule has 0 spiro atoms. The van der Waals surface area contributed by atoms with Crippen LogP contribution < -0.4 is 20.7 Å². The molecule has 0 saturated carbocycles. The van der Waals surface area contributed by atoms with Crippen LogP contribution in [0.3, 0.4) is 0 Å². The highest BCUT2D eigenvalue weighted by Gasteiger charge is 2.25. The Kier molecular flexibility index (Phi) is 5.35. The number of esters is 1. The molecule has 1 N–H and O–H groups in total. The van der Waals surface area contributed by atoms with Crippen LogP contribution in [0.5, 0.6) is 11.5 Å². The van der Waals surface area contributed by atoms with Gasteiger partial charge in [-0.2, -0.15) is 0 Å². The SMILES string of the molecule is CCOC(=O)c1sc2c(c1C)c(=O)n(CCO)c(=O)n2Cc1cccc2c1OCO2. The molecule has 9 nitrogen and oxygen atoms in total. The summed E-state index contributed by atoms with van der Waals surface area (Å²) >= 11 is 1.05. The molecule has 3 heterocycles. The number of aromatic nitrogens is 2. The lowest BCUT2D eigenvalue weighted by Gasteiger charge is -2.13. The van der Waals surface area contributed by atoms with Crippen LogP contribution in [0.4, 0.5) is 0 Å². The Labute approximate surface area is 174 Å². The van der Waals surface area contributed by atoms with E-state index in [1.165, 1.54) is 4.57 Å². The Morgan fingerprint density at radius 3 is 2.80 bits per heavy atom. The maximum atomic E-state index is 13.1. The van der Waals surface area contributed by atoms with Crippen molar-refractivity contribution in [2.24, 2.45) is 0 Å². The molecule has 0 unspecified atom stereocenters. The number of benzene rings is 1. The van der Waals surface area contributed by atoms with E-state index in [4.69, 9.17) is 14.2 Å². The molecule has 0 amide bonds. The summed E-state index contributed by atoms with van der Waals surface area (Å²) in [7, 11) is 0. The summed E-state index contributed by atoms with van der Waals surface area (Å²) in [6, 6.07) is 5.36. The van der Waals surface area contributed by atoms with Crippen LogP contribution in [0, 0.1) is 6.92 Å². The average molecular weight is 432 g/mol. The highest BCUT2D eigenvalue weighted by atomic mass is 32.1. The largest absolute Gasteiger partial charge is 0.462 e. The zero-order valence-electron chi connectivity index (χ0n) is 16.5. The lowest BCUT2D eigenvalue weighted by Crippen LogP contribution is -2.40. The molecule has 0 saturated heterocycles. The summed E-state index contributed by atoms with van der Waals surface area (Å²) in [6.07, 6.45) is 0. The van der Waals surface area contributed by atoms with Gasteiger partial charge in [-0.15, -0.1) is 11.3 Å². The summed E-state index contributed by atoms with van der Waals surface area (Å²) in [6.45, 7) is 3.23. The monoisotopic (exact) mass is 432 g/mol. The Morgan fingerprint density at radius 1 is 1.27 bits per heavy atom. The van der Waals surface area contributed by atoms with E-state index in [2.05, 4.69) is 0 Å². The zero-order chi connectivity index (χ0) is 21.4. The average Bonchev–Trinajstić information content (AvgIpc) is 3.34. The first-order valence-electron chi connectivity index (χ1n) is 9.40. The molecule has 0 radical (unpaired) electrons. The third kappa shape index (κ3) is 3.17. The van der Waals surface area contributed by atoms with Crippen molar-refractivity contribution < 1.29 is 24.1 Å². The fraction of sp³-hybridized carbons (Fsp3) is 0.350. The van der Waals surface area contributed by atoms with Crippen LogP contribution in [0.15, 0.2) is 27.8 Å². The van der Waals surface area contributed by atoms with Crippen molar-refractivity contribution in [3.63, 3.8) is 0 Å². The summed E-state index contributed by atoms with van der Waals surface area (Å²) < 4.78 is 18.4. The van der Waals surface area contributed by atoms with Crippen LogP contribution in [0.1, 0.15) is 27.7 Å². The van der Waals surface area contributed by atoms with E-state index in [1.54, 1.807) is 32.0 Å². The molecule has 0 atom stereocenters. The third-order valence-electron chi connectivity index (χ3n) is 4.89. The maximum Gasteiger partial charge on any atom is 0.348 e. The minimum atomic E-state index is -0.574. The van der Waals surface area contributed by atoms with E-state index in [-0.39, 0.29) is 43.4 Å². The number of hydrogen-bond acceptors (Lipinski definition) is 8. The van der Waals surface area contributed by atoms with E-state index in [0.29, 0.717) is 27.5 Å². The van der Waals surface area contributed by atoms with E-state index < -0.39 is 17.2 Å². The first-order chi connectivity index (χ1) is 14.5. The van der Waals surface area contributed by atoms with Crippen LogP contribution >= 0.6 is 11.3 Å². The molecule has 2 aromatic heterocycles. The topological polar surface area (TPSA) is 109 Å². The van der Waals surface area contributed by atoms with Crippen molar-refractivity contribution in [3.05, 3.63) is 55.0 Å². The second kappa shape index (κ2) is 7.96. The van der Waals surface area contributed by atoms with Crippen molar-refractivity contribution >= 4 is 27.5 Å². The van der Waals surface area contributed by atoms with Gasteiger partial charge in [0.25, 0.3) is 5.56 Å². The van der Waals surface area contributed by atoms with Gasteiger partial charge in [-0.05, 0) is 25.5 Å². The van der Waals surface area contributed by atoms with Crippen LogP contribution in [-0.2, 0) is 17.8 Å². The molecule has 1 aliphatic heterocycles. The molecule has 0 bridgehead atoms. The van der Waals surface area contributed by atoms with Crippen LogP contribution in [-0.4, -0.2) is 40.2 Å². The quantitative estimate of drug-likeness (QED) is 0.588. The first-order valence-corrected chi connectivity index (χ1v) is 10.2. The molecular weight excluding hydrogens is 412 g/mol. The van der Waals surface area contributed by atoms with Gasteiger partial charge >= 0.3 is 11.7 Å². The fourth-order valence-corrected chi connectivity index (χ4v) is 4.69. The number of hydrogen-bond donors (Lipinski definition) is 1. The zero-order valence-corrected chi connectivity index (χ0v) is 17.3. The molecule has 0 fully saturated rings. The number of aliphatic hydroxyl groups excluding tert-OH is 1. The van der Waals surface area contributed by atoms with Gasteiger partial charge in [0, 0.05) is 5.56 Å². The minimum Gasteiger partial charge on any atom is -0.462 e. The fourth-order valence-electron chi connectivity index (χ4n) is 3.51. The smallest absolute Gasteiger partial charge is 0.348 e. The van der Waals surface area contributed by atoms with Crippen molar-refractivity contribution in [2.45, 2.75) is 26.9 Å². The van der Waals surface area contributed by atoms with E-state index in [9.17, 15) is 19.5 Å². The maximum absolute atomic E-state index is 13.1. The van der Waals surface area contributed by atoms with Crippen molar-refractivity contribution in [1.82, 2.24) is 9.13 Å². The van der Waals surface area contributed by atoms with Gasteiger partial charge in [0.1, 0.15) is 9.71 Å². The number of fused-ring (bicyclic) bond motifs is 2. The Morgan fingerprint density at radius 2 is 2.07 bits per heavy atom. The Hall–Kier alpha value is -3.11. The predicted octanol–water partition coefficient (Wildman–Crippen LogP) is 1.48. The number of aliphatic hydroxyl groups is 1. The number of carbonyl (C=O) groups excluding carboxylic acids is 1. The number of aryl methyl sites for hydroxylation is 1. The number of carbonyl (C=O) groups is 1. The number of thiophene rings is 1. The number of nitrogens with zero attached hydrogens (tertiary/aromatic N) is 2. The second-order valence-electron chi connectivity index (χ2n) is 6.66. The van der Waals surface area contributed by atoms with Gasteiger partial charge < -0.3 is 19.3 Å². The normalized spacial score (nSPS) is 12.5. The van der Waals surface area contributed by atoms with Crippen molar-refractivity contribution in [1.29, 1.82) is 0 Å². The summed E-state index contributed by atoms with van der Waals surface area (Å²) in [5.74, 6) is 0.576.